The molecule has 1 fully saturated rings. The van der Waals surface area contributed by atoms with Crippen molar-refractivity contribution in [2.24, 2.45) is 0 Å². The molecule has 1 amide bonds. The topological polar surface area (TPSA) is 92.9 Å². The number of pyridine rings is 2. The number of hydrogen-bond donors (Lipinski definition) is 3. The van der Waals surface area contributed by atoms with Gasteiger partial charge in [0.1, 0.15) is 5.82 Å². The average Bonchev–Trinajstić information content (AvgIpc) is 2.68. The molecule has 1 saturated heterocycles. The Kier molecular flexibility index (Phi) is 5.22. The van der Waals surface area contributed by atoms with Crippen LogP contribution in [0.4, 0.5) is 11.5 Å². The maximum atomic E-state index is 12.4. The SMILES string of the molecule is Nc1cccc(C(=O)Nc2cc3nc(SC4CCNCC4)ccc3cn2)c1. The normalized spacial score (nSPS) is 15.0. The quantitative estimate of drug-likeness (QED) is 0.602. The Hall–Kier alpha value is -2.64. The van der Waals surface area contributed by atoms with Crippen molar-refractivity contribution in [1.82, 2.24) is 15.3 Å². The number of amides is 1. The Labute approximate surface area is 162 Å². The number of fused-ring (bicyclic) bond motifs is 1. The second kappa shape index (κ2) is 7.94. The molecular formula is C20H21N5OS. The van der Waals surface area contributed by atoms with Crippen molar-refractivity contribution in [3.8, 4) is 0 Å². The zero-order valence-electron chi connectivity index (χ0n) is 14.8. The second-order valence-corrected chi connectivity index (χ2v) is 7.88. The van der Waals surface area contributed by atoms with Gasteiger partial charge in [0, 0.05) is 34.2 Å². The van der Waals surface area contributed by atoms with Crippen molar-refractivity contribution in [3.05, 3.63) is 54.2 Å². The van der Waals surface area contributed by atoms with Gasteiger partial charge in [-0.15, -0.1) is 11.8 Å². The molecule has 4 N–H and O–H groups in total. The van der Waals surface area contributed by atoms with E-state index in [2.05, 4.69) is 15.6 Å². The molecule has 0 spiro atoms. The highest BCUT2D eigenvalue weighted by atomic mass is 32.2. The molecule has 4 rings (SSSR count). The van der Waals surface area contributed by atoms with Crippen molar-refractivity contribution in [3.63, 3.8) is 0 Å². The van der Waals surface area contributed by atoms with Crippen molar-refractivity contribution in [2.45, 2.75) is 23.1 Å². The number of rotatable bonds is 4. The molecule has 1 aromatic carbocycles. The number of benzene rings is 1. The Morgan fingerprint density at radius 1 is 1.19 bits per heavy atom. The lowest BCUT2D eigenvalue weighted by atomic mass is 10.2. The Bertz CT molecular complexity index is 971. The van der Waals surface area contributed by atoms with Gasteiger partial charge in [-0.2, -0.15) is 0 Å². The average molecular weight is 379 g/mol. The predicted octanol–water partition coefficient (Wildman–Crippen LogP) is 3.31. The predicted molar refractivity (Wildman–Crippen MR) is 110 cm³/mol. The molecular weight excluding hydrogens is 358 g/mol. The lowest BCUT2D eigenvalue weighted by Gasteiger charge is -2.21. The molecule has 138 valence electrons. The zero-order valence-corrected chi connectivity index (χ0v) is 15.6. The molecule has 0 aliphatic carbocycles. The number of nitrogens with two attached hydrogens (primary N) is 1. The maximum Gasteiger partial charge on any atom is 0.256 e. The minimum Gasteiger partial charge on any atom is -0.399 e. The molecule has 1 aliphatic rings. The summed E-state index contributed by atoms with van der Waals surface area (Å²) < 4.78 is 0. The number of nitrogens with zero attached hydrogens (tertiary/aromatic N) is 2. The number of hydrogen-bond acceptors (Lipinski definition) is 6. The largest absolute Gasteiger partial charge is 0.399 e. The van der Waals surface area contributed by atoms with Gasteiger partial charge in [0.2, 0.25) is 0 Å². The highest BCUT2D eigenvalue weighted by Gasteiger charge is 2.15. The molecule has 1 aliphatic heterocycles. The van der Waals surface area contributed by atoms with Crippen LogP contribution in [0.15, 0.2) is 53.7 Å². The number of nitrogen functional groups attached to an aromatic ring is 1. The van der Waals surface area contributed by atoms with Gasteiger partial charge < -0.3 is 16.4 Å². The van der Waals surface area contributed by atoms with Crippen LogP contribution in [-0.4, -0.2) is 34.2 Å². The smallest absolute Gasteiger partial charge is 0.256 e. The fourth-order valence-electron chi connectivity index (χ4n) is 3.08. The summed E-state index contributed by atoms with van der Waals surface area (Å²) in [7, 11) is 0. The molecule has 3 aromatic rings. The molecule has 0 bridgehead atoms. The minimum atomic E-state index is -0.241. The van der Waals surface area contributed by atoms with Gasteiger partial charge in [0.15, 0.2) is 0 Å². The van der Waals surface area contributed by atoms with Crippen LogP contribution in [0.3, 0.4) is 0 Å². The number of carbonyl (C=O) groups excluding carboxylic acids is 1. The first-order valence-corrected chi connectivity index (χ1v) is 9.86. The molecule has 7 heteroatoms. The van der Waals surface area contributed by atoms with Gasteiger partial charge in [0.25, 0.3) is 5.91 Å². The van der Waals surface area contributed by atoms with Crippen LogP contribution < -0.4 is 16.4 Å². The van der Waals surface area contributed by atoms with Crippen molar-refractivity contribution < 1.29 is 4.79 Å². The molecule has 0 atom stereocenters. The summed E-state index contributed by atoms with van der Waals surface area (Å²) in [6.45, 7) is 2.13. The van der Waals surface area contributed by atoms with Crippen LogP contribution in [0.2, 0.25) is 0 Å². The van der Waals surface area contributed by atoms with Crippen LogP contribution in [0, 0.1) is 0 Å². The zero-order chi connectivity index (χ0) is 18.6. The third-order valence-electron chi connectivity index (χ3n) is 4.51. The molecule has 2 aromatic heterocycles. The fourth-order valence-corrected chi connectivity index (χ4v) is 4.19. The number of piperidine rings is 1. The summed E-state index contributed by atoms with van der Waals surface area (Å²) in [5, 5.41) is 8.76. The molecule has 0 radical (unpaired) electrons. The summed E-state index contributed by atoms with van der Waals surface area (Å²) in [6.07, 6.45) is 4.04. The first-order chi connectivity index (χ1) is 13.2. The van der Waals surface area contributed by atoms with Crippen molar-refractivity contribution in [1.29, 1.82) is 0 Å². The molecule has 0 saturated carbocycles. The fraction of sp³-hybridized carbons (Fsp3) is 0.250. The lowest BCUT2D eigenvalue weighted by Crippen LogP contribution is -2.29. The van der Waals surface area contributed by atoms with Crippen molar-refractivity contribution >= 4 is 40.1 Å². The van der Waals surface area contributed by atoms with Crippen LogP contribution >= 0.6 is 11.8 Å². The van der Waals surface area contributed by atoms with Gasteiger partial charge in [-0.1, -0.05) is 6.07 Å². The van der Waals surface area contributed by atoms with Crippen LogP contribution in [0.1, 0.15) is 23.2 Å². The first kappa shape index (κ1) is 17.8. The number of anilines is 2. The third kappa shape index (κ3) is 4.37. The summed E-state index contributed by atoms with van der Waals surface area (Å²) >= 11 is 1.82. The Balaban J connectivity index is 1.52. The van der Waals surface area contributed by atoms with Gasteiger partial charge in [0.05, 0.1) is 10.5 Å². The maximum absolute atomic E-state index is 12.4. The van der Waals surface area contributed by atoms with E-state index in [1.54, 1.807) is 30.5 Å². The van der Waals surface area contributed by atoms with E-state index in [-0.39, 0.29) is 5.91 Å². The van der Waals surface area contributed by atoms with E-state index >= 15 is 0 Å². The van der Waals surface area contributed by atoms with E-state index in [4.69, 9.17) is 10.7 Å². The van der Waals surface area contributed by atoms with E-state index in [1.807, 2.05) is 30.0 Å². The van der Waals surface area contributed by atoms with E-state index in [9.17, 15) is 4.79 Å². The Morgan fingerprint density at radius 3 is 2.85 bits per heavy atom. The molecule has 6 nitrogen and oxygen atoms in total. The Morgan fingerprint density at radius 2 is 2.04 bits per heavy atom. The number of nitrogens with one attached hydrogen (secondary N) is 2. The van der Waals surface area contributed by atoms with Gasteiger partial charge in [-0.25, -0.2) is 9.97 Å². The van der Waals surface area contributed by atoms with E-state index in [0.29, 0.717) is 22.3 Å². The first-order valence-electron chi connectivity index (χ1n) is 8.98. The number of aromatic nitrogens is 2. The molecule has 0 unspecified atom stereocenters. The molecule has 3 heterocycles. The molecule has 27 heavy (non-hydrogen) atoms. The van der Waals surface area contributed by atoms with Gasteiger partial charge >= 0.3 is 0 Å². The summed E-state index contributed by atoms with van der Waals surface area (Å²) in [4.78, 5) is 21.5. The van der Waals surface area contributed by atoms with Crippen LogP contribution in [-0.2, 0) is 0 Å². The third-order valence-corrected chi connectivity index (χ3v) is 5.79. The van der Waals surface area contributed by atoms with Crippen LogP contribution in [0.5, 0.6) is 0 Å². The van der Waals surface area contributed by atoms with Gasteiger partial charge in [-0.05, 0) is 56.3 Å². The minimum absolute atomic E-state index is 0.241. The lowest BCUT2D eigenvalue weighted by molar-refractivity contribution is 0.102. The summed E-state index contributed by atoms with van der Waals surface area (Å²) in [6, 6.07) is 12.7. The van der Waals surface area contributed by atoms with E-state index in [1.165, 1.54) is 0 Å². The highest BCUT2D eigenvalue weighted by Crippen LogP contribution is 2.29. The van der Waals surface area contributed by atoms with E-state index in [0.717, 1.165) is 41.9 Å². The monoisotopic (exact) mass is 379 g/mol. The second-order valence-electron chi connectivity index (χ2n) is 6.56. The summed E-state index contributed by atoms with van der Waals surface area (Å²) in [5.74, 6) is 0.237. The number of thioether (sulfide) groups is 1. The highest BCUT2D eigenvalue weighted by molar-refractivity contribution is 7.99. The van der Waals surface area contributed by atoms with Crippen molar-refractivity contribution in [2.75, 3.05) is 24.1 Å². The standard InChI is InChI=1S/C20H21N5OS/c21-15-3-1-2-13(10-15)20(26)25-18-11-17-14(12-23-18)4-5-19(24-17)27-16-6-8-22-9-7-16/h1-5,10-12,16,22H,6-9,21H2,(H,23,25,26). The summed E-state index contributed by atoms with van der Waals surface area (Å²) in [5.41, 5.74) is 7.62. The van der Waals surface area contributed by atoms with E-state index < -0.39 is 0 Å². The van der Waals surface area contributed by atoms with Gasteiger partial charge in [-0.3, -0.25) is 4.79 Å². The number of carbonyl (C=O) groups is 1. The van der Waals surface area contributed by atoms with Crippen LogP contribution in [0.25, 0.3) is 10.9 Å².